The molecule has 9 heteroatoms. The summed E-state index contributed by atoms with van der Waals surface area (Å²) in [5.41, 5.74) is -0.591. The minimum absolute atomic E-state index is 0.0762. The Balaban J connectivity index is 2.89. The molecule has 0 unspecified atom stereocenters. The average molecular weight is 323 g/mol. The van der Waals surface area contributed by atoms with Gasteiger partial charge in [0.2, 0.25) is 5.75 Å². The SMILES string of the molecule is C=C(C)C(=O)OCC(=O)Oc1ccc(C(=O)OC)cc1[N+](=O)[O-]. The van der Waals surface area contributed by atoms with Gasteiger partial charge < -0.3 is 14.2 Å². The molecule has 0 radical (unpaired) electrons. The molecule has 122 valence electrons. The molecule has 0 atom stereocenters. The first-order valence-electron chi connectivity index (χ1n) is 6.16. The third kappa shape index (κ3) is 4.92. The van der Waals surface area contributed by atoms with Crippen LogP contribution in [0.3, 0.4) is 0 Å². The molecule has 0 aliphatic rings. The predicted octanol–water partition coefficient (Wildman–Crippen LogP) is 1.41. The number of hydrogen-bond donors (Lipinski definition) is 0. The third-order valence-corrected chi connectivity index (χ3v) is 2.47. The van der Waals surface area contributed by atoms with Crippen molar-refractivity contribution in [2.24, 2.45) is 0 Å². The first-order valence-corrected chi connectivity index (χ1v) is 6.16. The molecule has 0 amide bonds. The van der Waals surface area contributed by atoms with E-state index in [4.69, 9.17) is 4.74 Å². The van der Waals surface area contributed by atoms with E-state index in [2.05, 4.69) is 16.1 Å². The largest absolute Gasteiger partial charge is 0.465 e. The number of hydrogen-bond acceptors (Lipinski definition) is 8. The van der Waals surface area contributed by atoms with Crippen LogP contribution in [0, 0.1) is 10.1 Å². The van der Waals surface area contributed by atoms with Gasteiger partial charge in [-0.1, -0.05) is 6.58 Å². The number of ether oxygens (including phenoxy) is 3. The zero-order valence-corrected chi connectivity index (χ0v) is 12.4. The number of nitro groups is 1. The lowest BCUT2D eigenvalue weighted by atomic mass is 10.2. The van der Waals surface area contributed by atoms with Gasteiger partial charge in [-0.15, -0.1) is 0 Å². The highest BCUT2D eigenvalue weighted by Gasteiger charge is 2.22. The fraction of sp³-hybridized carbons (Fsp3) is 0.214. The van der Waals surface area contributed by atoms with Gasteiger partial charge in [-0.2, -0.15) is 0 Å². The first-order chi connectivity index (χ1) is 10.8. The molecular weight excluding hydrogens is 310 g/mol. The van der Waals surface area contributed by atoms with Crippen molar-refractivity contribution < 1.29 is 33.5 Å². The quantitative estimate of drug-likeness (QED) is 0.253. The Morgan fingerprint density at radius 2 is 1.96 bits per heavy atom. The number of carbonyl (C=O) groups is 3. The second-order valence-corrected chi connectivity index (χ2v) is 4.26. The molecule has 0 N–H and O–H groups in total. The molecule has 9 nitrogen and oxygen atoms in total. The van der Waals surface area contributed by atoms with Crippen LogP contribution < -0.4 is 4.74 Å². The van der Waals surface area contributed by atoms with E-state index in [1.165, 1.54) is 13.0 Å². The standard InChI is InChI=1S/C14H13NO8/c1-8(2)13(17)22-7-12(16)23-11-5-4-9(14(18)21-3)6-10(11)15(19)20/h4-6H,1,7H2,2-3H3. The number of carbonyl (C=O) groups excluding carboxylic acids is 3. The number of benzene rings is 1. The highest BCUT2D eigenvalue weighted by molar-refractivity contribution is 5.91. The van der Waals surface area contributed by atoms with E-state index >= 15 is 0 Å². The molecule has 1 aromatic rings. The van der Waals surface area contributed by atoms with Crippen molar-refractivity contribution in [3.8, 4) is 5.75 Å². The molecular formula is C14H13NO8. The van der Waals surface area contributed by atoms with Gasteiger partial charge in [-0.05, 0) is 19.1 Å². The molecule has 0 bridgehead atoms. The van der Waals surface area contributed by atoms with Crippen LogP contribution in [-0.4, -0.2) is 36.5 Å². The predicted molar refractivity (Wildman–Crippen MR) is 75.8 cm³/mol. The third-order valence-electron chi connectivity index (χ3n) is 2.47. The normalized spacial score (nSPS) is 9.65. The minimum atomic E-state index is -1.02. The Morgan fingerprint density at radius 3 is 2.48 bits per heavy atom. The van der Waals surface area contributed by atoms with Crippen LogP contribution in [0.5, 0.6) is 5.75 Å². The summed E-state index contributed by atoms with van der Waals surface area (Å²) in [6, 6.07) is 3.18. The van der Waals surface area contributed by atoms with Crippen molar-refractivity contribution in [2.75, 3.05) is 13.7 Å². The van der Waals surface area contributed by atoms with E-state index in [1.54, 1.807) is 0 Å². The van der Waals surface area contributed by atoms with Crippen LogP contribution >= 0.6 is 0 Å². The van der Waals surface area contributed by atoms with E-state index < -0.39 is 35.1 Å². The summed E-state index contributed by atoms with van der Waals surface area (Å²) >= 11 is 0. The fourth-order valence-corrected chi connectivity index (χ4v) is 1.39. The number of nitrogens with zero attached hydrogens (tertiary/aromatic N) is 1. The van der Waals surface area contributed by atoms with Gasteiger partial charge in [0.25, 0.3) is 0 Å². The molecule has 0 heterocycles. The van der Waals surface area contributed by atoms with E-state index in [9.17, 15) is 24.5 Å². The van der Waals surface area contributed by atoms with E-state index in [-0.39, 0.29) is 16.9 Å². The summed E-state index contributed by atoms with van der Waals surface area (Å²) in [5.74, 6) is -2.98. The zero-order valence-electron chi connectivity index (χ0n) is 12.4. The Bertz CT molecular complexity index is 679. The highest BCUT2D eigenvalue weighted by Crippen LogP contribution is 2.28. The van der Waals surface area contributed by atoms with Crippen LogP contribution in [0.25, 0.3) is 0 Å². The molecule has 0 aromatic heterocycles. The van der Waals surface area contributed by atoms with Crippen molar-refractivity contribution in [2.45, 2.75) is 6.92 Å². The lowest BCUT2D eigenvalue weighted by Gasteiger charge is -2.07. The molecule has 0 saturated heterocycles. The monoisotopic (exact) mass is 323 g/mol. The van der Waals surface area contributed by atoms with E-state index in [0.717, 1.165) is 19.2 Å². The van der Waals surface area contributed by atoms with Crippen LogP contribution in [0.1, 0.15) is 17.3 Å². The molecule has 0 fully saturated rings. The number of esters is 3. The lowest BCUT2D eigenvalue weighted by molar-refractivity contribution is -0.385. The summed E-state index contributed by atoms with van der Waals surface area (Å²) in [7, 11) is 1.12. The van der Waals surface area contributed by atoms with Gasteiger partial charge in [-0.25, -0.2) is 14.4 Å². The van der Waals surface area contributed by atoms with Crippen molar-refractivity contribution in [3.05, 3.63) is 46.0 Å². The van der Waals surface area contributed by atoms with Gasteiger partial charge in [0, 0.05) is 11.6 Å². The van der Waals surface area contributed by atoms with E-state index in [0.29, 0.717) is 0 Å². The molecule has 23 heavy (non-hydrogen) atoms. The van der Waals surface area contributed by atoms with Crippen molar-refractivity contribution in [1.29, 1.82) is 0 Å². The molecule has 1 aromatic carbocycles. The van der Waals surface area contributed by atoms with Crippen molar-refractivity contribution in [3.63, 3.8) is 0 Å². The molecule has 0 saturated carbocycles. The summed E-state index contributed by atoms with van der Waals surface area (Å²) in [6.45, 7) is 3.99. The maximum atomic E-state index is 11.5. The number of rotatable bonds is 6. The first kappa shape index (κ1) is 17.8. The molecule has 0 spiro atoms. The molecule has 1 rings (SSSR count). The van der Waals surface area contributed by atoms with Crippen LogP contribution in [0.2, 0.25) is 0 Å². The summed E-state index contributed by atoms with van der Waals surface area (Å²) < 4.78 is 13.8. The van der Waals surface area contributed by atoms with Crippen molar-refractivity contribution in [1.82, 2.24) is 0 Å². The van der Waals surface area contributed by atoms with Crippen LogP contribution in [-0.2, 0) is 19.1 Å². The van der Waals surface area contributed by atoms with Gasteiger partial charge >= 0.3 is 23.6 Å². The van der Waals surface area contributed by atoms with Crippen molar-refractivity contribution >= 4 is 23.6 Å². The zero-order chi connectivity index (χ0) is 17.6. The van der Waals surface area contributed by atoms with Gasteiger partial charge in [0.1, 0.15) is 0 Å². The maximum Gasteiger partial charge on any atom is 0.349 e. The maximum absolute atomic E-state index is 11.5. The highest BCUT2D eigenvalue weighted by atomic mass is 16.6. The molecule has 0 aliphatic carbocycles. The average Bonchev–Trinajstić information content (AvgIpc) is 2.51. The smallest absolute Gasteiger partial charge is 0.349 e. The number of nitro benzene ring substituents is 1. The Morgan fingerprint density at radius 1 is 1.30 bits per heavy atom. The topological polar surface area (TPSA) is 122 Å². The Hall–Kier alpha value is -3.23. The van der Waals surface area contributed by atoms with Gasteiger partial charge in [-0.3, -0.25) is 10.1 Å². The summed E-state index contributed by atoms with van der Waals surface area (Å²) in [4.78, 5) is 44.2. The summed E-state index contributed by atoms with van der Waals surface area (Å²) in [6.07, 6.45) is 0. The second kappa shape index (κ2) is 7.69. The fourth-order valence-electron chi connectivity index (χ4n) is 1.39. The second-order valence-electron chi connectivity index (χ2n) is 4.26. The van der Waals surface area contributed by atoms with Crippen LogP contribution in [0.4, 0.5) is 5.69 Å². The lowest BCUT2D eigenvalue weighted by Crippen LogP contribution is -2.19. The summed E-state index contributed by atoms with van der Waals surface area (Å²) in [5, 5.41) is 11.0. The number of methoxy groups -OCH3 is 1. The van der Waals surface area contributed by atoms with Gasteiger partial charge in [0.05, 0.1) is 17.6 Å². The van der Waals surface area contributed by atoms with Gasteiger partial charge in [0.15, 0.2) is 6.61 Å². The molecule has 0 aliphatic heterocycles. The Labute approximate surface area is 130 Å². The minimum Gasteiger partial charge on any atom is -0.465 e. The van der Waals surface area contributed by atoms with Crippen LogP contribution in [0.15, 0.2) is 30.4 Å². The Kier molecular flexibility index (Phi) is 5.95. The van der Waals surface area contributed by atoms with E-state index in [1.807, 2.05) is 0 Å².